The van der Waals surface area contributed by atoms with Gasteiger partial charge in [-0.25, -0.2) is 4.39 Å². The van der Waals surface area contributed by atoms with Gasteiger partial charge in [-0.1, -0.05) is 35.9 Å². The molecule has 1 fully saturated rings. The SMILES string of the molecule is CC(NC(c1ccc(F)cc1)C1CC1)c1cccc(Cl)c1. The molecule has 1 nitrogen and oxygen atoms in total. The van der Waals surface area contributed by atoms with Crippen LogP contribution in [-0.2, 0) is 0 Å². The second-order valence-electron chi connectivity index (χ2n) is 5.81. The van der Waals surface area contributed by atoms with Gasteiger partial charge >= 0.3 is 0 Å². The Bertz CT molecular complexity index is 607. The topological polar surface area (TPSA) is 12.0 Å². The van der Waals surface area contributed by atoms with Gasteiger partial charge in [-0.05, 0) is 61.1 Å². The van der Waals surface area contributed by atoms with Crippen molar-refractivity contribution in [1.82, 2.24) is 5.32 Å². The summed E-state index contributed by atoms with van der Waals surface area (Å²) < 4.78 is 13.1. The molecule has 1 N–H and O–H groups in total. The van der Waals surface area contributed by atoms with Crippen LogP contribution in [0, 0.1) is 11.7 Å². The Balaban J connectivity index is 1.77. The number of rotatable bonds is 5. The predicted octanol–water partition coefficient (Wildman–Crippen LogP) is 5.28. The highest BCUT2D eigenvalue weighted by Crippen LogP contribution is 2.42. The lowest BCUT2D eigenvalue weighted by Crippen LogP contribution is -2.26. The van der Waals surface area contributed by atoms with Gasteiger partial charge in [0.1, 0.15) is 5.82 Å². The lowest BCUT2D eigenvalue weighted by Gasteiger charge is -2.24. The first-order chi connectivity index (χ1) is 10.1. The summed E-state index contributed by atoms with van der Waals surface area (Å²) in [6.07, 6.45) is 2.47. The fraction of sp³-hybridized carbons (Fsp3) is 0.333. The normalized spacial score (nSPS) is 17.5. The van der Waals surface area contributed by atoms with E-state index in [1.807, 2.05) is 30.3 Å². The minimum Gasteiger partial charge on any atom is -0.303 e. The van der Waals surface area contributed by atoms with Gasteiger partial charge in [-0.15, -0.1) is 0 Å². The van der Waals surface area contributed by atoms with E-state index in [1.54, 1.807) is 0 Å². The van der Waals surface area contributed by atoms with Crippen molar-refractivity contribution in [3.63, 3.8) is 0 Å². The van der Waals surface area contributed by atoms with E-state index < -0.39 is 0 Å². The smallest absolute Gasteiger partial charge is 0.123 e. The van der Waals surface area contributed by atoms with Gasteiger partial charge in [0.25, 0.3) is 0 Å². The molecule has 2 aromatic rings. The maximum absolute atomic E-state index is 13.1. The average molecular weight is 304 g/mol. The zero-order valence-corrected chi connectivity index (χ0v) is 12.8. The molecule has 2 unspecified atom stereocenters. The molecule has 1 aliphatic carbocycles. The van der Waals surface area contributed by atoms with Crippen LogP contribution in [0.5, 0.6) is 0 Å². The number of hydrogen-bond acceptors (Lipinski definition) is 1. The third kappa shape index (κ3) is 3.63. The summed E-state index contributed by atoms with van der Waals surface area (Å²) in [5.74, 6) is 0.466. The molecule has 3 heteroatoms. The van der Waals surface area contributed by atoms with Crippen molar-refractivity contribution in [3.8, 4) is 0 Å². The summed E-state index contributed by atoms with van der Waals surface area (Å²) in [6.45, 7) is 2.14. The largest absolute Gasteiger partial charge is 0.303 e. The summed E-state index contributed by atoms with van der Waals surface area (Å²) >= 11 is 6.07. The number of halogens is 2. The van der Waals surface area contributed by atoms with E-state index in [1.165, 1.54) is 30.5 Å². The molecule has 0 aliphatic heterocycles. The van der Waals surface area contributed by atoms with Crippen LogP contribution < -0.4 is 5.32 Å². The molecule has 0 aromatic heterocycles. The van der Waals surface area contributed by atoms with Crippen molar-refractivity contribution >= 4 is 11.6 Å². The molecule has 0 radical (unpaired) electrons. The van der Waals surface area contributed by atoms with E-state index in [4.69, 9.17) is 11.6 Å². The first-order valence-electron chi connectivity index (χ1n) is 7.40. The van der Waals surface area contributed by atoms with Gasteiger partial charge in [0, 0.05) is 17.1 Å². The lowest BCUT2D eigenvalue weighted by atomic mass is 9.99. The van der Waals surface area contributed by atoms with Crippen molar-refractivity contribution in [2.24, 2.45) is 5.92 Å². The number of nitrogens with one attached hydrogen (secondary N) is 1. The minimum atomic E-state index is -0.184. The first kappa shape index (κ1) is 14.6. The van der Waals surface area contributed by atoms with Gasteiger partial charge in [0.05, 0.1) is 0 Å². The van der Waals surface area contributed by atoms with Crippen molar-refractivity contribution < 1.29 is 4.39 Å². The zero-order chi connectivity index (χ0) is 14.8. The van der Waals surface area contributed by atoms with Crippen molar-refractivity contribution in [2.75, 3.05) is 0 Å². The average Bonchev–Trinajstić information content (AvgIpc) is 3.30. The predicted molar refractivity (Wildman–Crippen MR) is 84.9 cm³/mol. The third-order valence-corrected chi connectivity index (χ3v) is 4.34. The van der Waals surface area contributed by atoms with E-state index >= 15 is 0 Å². The summed E-state index contributed by atoms with van der Waals surface area (Å²) in [7, 11) is 0. The first-order valence-corrected chi connectivity index (χ1v) is 7.78. The van der Waals surface area contributed by atoms with Crippen LogP contribution >= 0.6 is 11.6 Å². The molecule has 2 aromatic carbocycles. The summed E-state index contributed by atoms with van der Waals surface area (Å²) in [4.78, 5) is 0. The minimum absolute atomic E-state index is 0.184. The maximum atomic E-state index is 13.1. The molecular formula is C18H19ClFN. The summed E-state index contributed by atoms with van der Waals surface area (Å²) in [5, 5.41) is 4.43. The number of benzene rings is 2. The van der Waals surface area contributed by atoms with E-state index in [9.17, 15) is 4.39 Å². The molecule has 21 heavy (non-hydrogen) atoms. The van der Waals surface area contributed by atoms with Crippen molar-refractivity contribution in [3.05, 3.63) is 70.5 Å². The summed E-state index contributed by atoms with van der Waals surface area (Å²) in [5.41, 5.74) is 2.34. The van der Waals surface area contributed by atoms with Gasteiger partial charge in [-0.3, -0.25) is 0 Å². The molecule has 0 amide bonds. The fourth-order valence-corrected chi connectivity index (χ4v) is 2.94. The van der Waals surface area contributed by atoms with E-state index in [0.29, 0.717) is 5.92 Å². The Morgan fingerprint density at radius 2 is 1.81 bits per heavy atom. The van der Waals surface area contributed by atoms with E-state index in [0.717, 1.165) is 10.6 Å². The van der Waals surface area contributed by atoms with Crippen LogP contribution in [-0.4, -0.2) is 0 Å². The van der Waals surface area contributed by atoms with E-state index in [2.05, 4.69) is 18.3 Å². The Labute approximate surface area is 130 Å². The van der Waals surface area contributed by atoms with Gasteiger partial charge in [0.2, 0.25) is 0 Å². The molecule has 0 heterocycles. The van der Waals surface area contributed by atoms with E-state index in [-0.39, 0.29) is 17.9 Å². The lowest BCUT2D eigenvalue weighted by molar-refractivity contribution is 0.427. The fourth-order valence-electron chi connectivity index (χ4n) is 2.75. The second kappa shape index (κ2) is 6.17. The molecule has 3 rings (SSSR count). The zero-order valence-electron chi connectivity index (χ0n) is 12.0. The Morgan fingerprint density at radius 1 is 1.10 bits per heavy atom. The Kier molecular flexibility index (Phi) is 4.27. The molecule has 1 saturated carbocycles. The Hall–Kier alpha value is -1.38. The van der Waals surface area contributed by atoms with Crippen LogP contribution in [0.15, 0.2) is 48.5 Å². The molecule has 1 aliphatic rings. The van der Waals surface area contributed by atoms with Crippen LogP contribution in [0.25, 0.3) is 0 Å². The maximum Gasteiger partial charge on any atom is 0.123 e. The molecule has 0 spiro atoms. The van der Waals surface area contributed by atoms with Crippen LogP contribution in [0.2, 0.25) is 5.02 Å². The highest BCUT2D eigenvalue weighted by molar-refractivity contribution is 6.30. The summed E-state index contributed by atoms with van der Waals surface area (Å²) in [6, 6.07) is 15.3. The molecular weight excluding hydrogens is 285 g/mol. The highest BCUT2D eigenvalue weighted by atomic mass is 35.5. The van der Waals surface area contributed by atoms with Crippen LogP contribution in [0.4, 0.5) is 4.39 Å². The van der Waals surface area contributed by atoms with Crippen molar-refractivity contribution in [1.29, 1.82) is 0 Å². The van der Waals surface area contributed by atoms with Crippen LogP contribution in [0.1, 0.15) is 43.0 Å². The van der Waals surface area contributed by atoms with Crippen molar-refractivity contribution in [2.45, 2.75) is 31.8 Å². The Morgan fingerprint density at radius 3 is 2.43 bits per heavy atom. The number of hydrogen-bond donors (Lipinski definition) is 1. The molecule has 0 saturated heterocycles. The standard InChI is InChI=1S/C18H19ClFN/c1-12(15-3-2-4-16(19)11-15)21-18(13-5-6-13)14-7-9-17(20)10-8-14/h2-4,7-13,18,21H,5-6H2,1H3. The molecule has 110 valence electrons. The quantitative estimate of drug-likeness (QED) is 0.792. The monoisotopic (exact) mass is 303 g/mol. The van der Waals surface area contributed by atoms with Gasteiger partial charge in [-0.2, -0.15) is 0 Å². The van der Waals surface area contributed by atoms with Gasteiger partial charge < -0.3 is 5.32 Å². The highest BCUT2D eigenvalue weighted by Gasteiger charge is 2.33. The molecule has 2 atom stereocenters. The third-order valence-electron chi connectivity index (χ3n) is 4.10. The van der Waals surface area contributed by atoms with Gasteiger partial charge in [0.15, 0.2) is 0 Å². The van der Waals surface area contributed by atoms with Crippen LogP contribution in [0.3, 0.4) is 0 Å². The molecule has 0 bridgehead atoms. The second-order valence-corrected chi connectivity index (χ2v) is 6.25.